The van der Waals surface area contributed by atoms with Crippen molar-refractivity contribution in [1.29, 1.82) is 0 Å². The van der Waals surface area contributed by atoms with E-state index in [0.717, 1.165) is 22.5 Å². The van der Waals surface area contributed by atoms with Gasteiger partial charge in [-0.05, 0) is 54.8 Å². The second-order valence-electron chi connectivity index (χ2n) is 5.66. The van der Waals surface area contributed by atoms with Gasteiger partial charge in [-0.1, -0.05) is 24.8 Å². The molecular formula is C20H21F2N2P. The van der Waals surface area contributed by atoms with Crippen LogP contribution < -0.4 is 10.6 Å². The summed E-state index contributed by atoms with van der Waals surface area (Å²) in [5.41, 5.74) is 4.52. The minimum absolute atomic E-state index is 0.222. The van der Waals surface area contributed by atoms with E-state index in [1.165, 1.54) is 6.07 Å². The van der Waals surface area contributed by atoms with Gasteiger partial charge >= 0.3 is 0 Å². The quantitative estimate of drug-likeness (QED) is 0.444. The summed E-state index contributed by atoms with van der Waals surface area (Å²) in [6.45, 7) is 7.92. The number of halogens is 2. The molecule has 2 rings (SSSR count). The summed E-state index contributed by atoms with van der Waals surface area (Å²) in [5.74, 6) is -1.67. The third-order valence-electron chi connectivity index (χ3n) is 3.74. The number of aliphatic imine (C=N–C) groups is 1. The number of hydrogen-bond acceptors (Lipinski definition) is 2. The third kappa shape index (κ3) is 5.07. The molecule has 0 aliphatic carbocycles. The van der Waals surface area contributed by atoms with Gasteiger partial charge in [0.05, 0.1) is 0 Å². The van der Waals surface area contributed by atoms with Gasteiger partial charge in [0.2, 0.25) is 0 Å². The molecule has 5 heteroatoms. The lowest BCUT2D eigenvalue weighted by molar-refractivity contribution is 0.513. The van der Waals surface area contributed by atoms with Crippen molar-refractivity contribution >= 4 is 25.9 Å². The second kappa shape index (κ2) is 8.68. The molecule has 2 aromatic carbocycles. The van der Waals surface area contributed by atoms with Gasteiger partial charge in [-0.2, -0.15) is 0 Å². The molecule has 25 heavy (non-hydrogen) atoms. The molecule has 2 aromatic rings. The molecule has 0 aromatic heterocycles. The number of benzene rings is 2. The Bertz CT molecular complexity index is 819. The van der Waals surface area contributed by atoms with E-state index >= 15 is 0 Å². The number of anilines is 1. The number of aryl methyl sites for hydroxylation is 1. The van der Waals surface area contributed by atoms with E-state index in [-0.39, 0.29) is 5.30 Å². The van der Waals surface area contributed by atoms with Crippen molar-refractivity contribution in [1.82, 2.24) is 0 Å². The van der Waals surface area contributed by atoms with Crippen LogP contribution in [-0.2, 0) is 6.54 Å². The third-order valence-corrected chi connectivity index (χ3v) is 4.16. The Labute approximate surface area is 149 Å². The topological polar surface area (TPSA) is 24.4 Å². The van der Waals surface area contributed by atoms with Crippen LogP contribution in [-0.4, -0.2) is 5.71 Å². The Morgan fingerprint density at radius 2 is 2.04 bits per heavy atom. The van der Waals surface area contributed by atoms with Crippen molar-refractivity contribution in [3.63, 3.8) is 0 Å². The van der Waals surface area contributed by atoms with E-state index in [4.69, 9.17) is 0 Å². The van der Waals surface area contributed by atoms with Crippen molar-refractivity contribution in [3.8, 4) is 0 Å². The standard InChI is InChI=1S/C20H21F2N2P/c1-4-5-8-23-14(3)16-7-6-13(2)18(11-16)24-12-15-9-17(21)20(22)19(25)10-15/h4-11,24H,1,12,25H2,2-3H3/b8-5-,23-14?. The normalized spacial score (nSPS) is 11.8. The summed E-state index contributed by atoms with van der Waals surface area (Å²) in [4.78, 5) is 4.35. The number of nitrogens with one attached hydrogen (secondary N) is 1. The highest BCUT2D eigenvalue weighted by molar-refractivity contribution is 7.27. The van der Waals surface area contributed by atoms with E-state index < -0.39 is 11.6 Å². The Morgan fingerprint density at radius 1 is 1.28 bits per heavy atom. The van der Waals surface area contributed by atoms with Gasteiger partial charge in [-0.3, -0.25) is 4.99 Å². The monoisotopic (exact) mass is 358 g/mol. The maximum absolute atomic E-state index is 13.5. The lowest BCUT2D eigenvalue weighted by Gasteiger charge is -2.12. The largest absolute Gasteiger partial charge is 0.381 e. The molecule has 0 fully saturated rings. The van der Waals surface area contributed by atoms with Crippen LogP contribution in [0.15, 0.2) is 60.3 Å². The Balaban J connectivity index is 2.19. The van der Waals surface area contributed by atoms with E-state index in [9.17, 15) is 8.78 Å². The van der Waals surface area contributed by atoms with Crippen LogP contribution in [0.25, 0.3) is 0 Å². The lowest BCUT2D eigenvalue weighted by Crippen LogP contribution is -2.08. The fourth-order valence-electron chi connectivity index (χ4n) is 2.30. The van der Waals surface area contributed by atoms with E-state index in [1.54, 1.807) is 24.4 Å². The summed E-state index contributed by atoms with van der Waals surface area (Å²) >= 11 is 0. The molecule has 0 spiro atoms. The molecule has 0 bridgehead atoms. The molecule has 0 amide bonds. The van der Waals surface area contributed by atoms with Crippen molar-refractivity contribution < 1.29 is 8.78 Å². The van der Waals surface area contributed by atoms with Gasteiger partial charge < -0.3 is 5.32 Å². The zero-order valence-corrected chi connectivity index (χ0v) is 15.5. The fraction of sp³-hybridized carbons (Fsp3) is 0.150. The zero-order chi connectivity index (χ0) is 18.4. The summed E-state index contributed by atoms with van der Waals surface area (Å²) in [6.07, 6.45) is 5.12. The van der Waals surface area contributed by atoms with Gasteiger partial charge in [0.1, 0.15) is 0 Å². The average molecular weight is 358 g/mol. The van der Waals surface area contributed by atoms with Crippen molar-refractivity contribution in [2.75, 3.05) is 5.32 Å². The van der Waals surface area contributed by atoms with Crippen LogP contribution in [0.2, 0.25) is 0 Å². The van der Waals surface area contributed by atoms with Crippen LogP contribution in [0, 0.1) is 18.6 Å². The molecule has 0 saturated carbocycles. The van der Waals surface area contributed by atoms with E-state index in [0.29, 0.717) is 12.1 Å². The molecule has 1 N–H and O–H groups in total. The van der Waals surface area contributed by atoms with Crippen molar-refractivity contribution in [3.05, 3.63) is 83.6 Å². The van der Waals surface area contributed by atoms with Gasteiger partial charge in [0.25, 0.3) is 0 Å². The molecule has 130 valence electrons. The van der Waals surface area contributed by atoms with Gasteiger partial charge in [0.15, 0.2) is 11.6 Å². The van der Waals surface area contributed by atoms with Crippen LogP contribution >= 0.6 is 9.24 Å². The molecule has 0 saturated heterocycles. The molecule has 2 nitrogen and oxygen atoms in total. The summed E-state index contributed by atoms with van der Waals surface area (Å²) in [6, 6.07) is 8.82. The molecule has 1 unspecified atom stereocenters. The number of nitrogens with zero attached hydrogens (tertiary/aromatic N) is 1. The minimum Gasteiger partial charge on any atom is -0.381 e. The lowest BCUT2D eigenvalue weighted by atomic mass is 10.1. The highest BCUT2D eigenvalue weighted by Crippen LogP contribution is 2.19. The van der Waals surface area contributed by atoms with Crippen LogP contribution in [0.3, 0.4) is 0 Å². The fourth-order valence-corrected chi connectivity index (χ4v) is 2.65. The molecule has 0 radical (unpaired) electrons. The van der Waals surface area contributed by atoms with E-state index in [1.807, 2.05) is 32.0 Å². The first-order chi connectivity index (χ1) is 11.9. The Hall–Kier alpha value is -2.32. The average Bonchev–Trinajstić information content (AvgIpc) is 2.59. The zero-order valence-electron chi connectivity index (χ0n) is 14.3. The first-order valence-corrected chi connectivity index (χ1v) is 8.40. The highest BCUT2D eigenvalue weighted by Gasteiger charge is 2.08. The summed E-state index contributed by atoms with van der Waals surface area (Å²) in [5, 5.41) is 3.50. The van der Waals surface area contributed by atoms with Crippen LogP contribution in [0.1, 0.15) is 23.6 Å². The first kappa shape index (κ1) is 19.0. The predicted molar refractivity (Wildman–Crippen MR) is 106 cm³/mol. The van der Waals surface area contributed by atoms with Gasteiger partial charge in [-0.15, -0.1) is 9.24 Å². The van der Waals surface area contributed by atoms with Gasteiger partial charge in [0, 0.05) is 29.4 Å². The highest BCUT2D eigenvalue weighted by atomic mass is 31.0. The van der Waals surface area contributed by atoms with Crippen LogP contribution in [0.5, 0.6) is 0 Å². The van der Waals surface area contributed by atoms with Crippen LogP contribution in [0.4, 0.5) is 14.5 Å². The molecular weight excluding hydrogens is 337 g/mol. The van der Waals surface area contributed by atoms with Gasteiger partial charge in [-0.25, -0.2) is 8.78 Å². The minimum atomic E-state index is -0.841. The van der Waals surface area contributed by atoms with E-state index in [2.05, 4.69) is 26.1 Å². The molecule has 1 atom stereocenters. The Morgan fingerprint density at radius 3 is 2.72 bits per heavy atom. The molecule has 0 heterocycles. The molecule has 0 aliphatic heterocycles. The first-order valence-electron chi connectivity index (χ1n) is 7.82. The summed E-state index contributed by atoms with van der Waals surface area (Å²) in [7, 11) is 2.21. The predicted octanol–water partition coefficient (Wildman–Crippen LogP) is 4.89. The SMILES string of the molecule is C=C/C=C\N=C(C)c1ccc(C)c(NCc2cc(F)c(F)c(P)c2)c1. The Kier molecular flexibility index (Phi) is 6.60. The van der Waals surface area contributed by atoms with Crippen molar-refractivity contribution in [2.24, 2.45) is 4.99 Å². The maximum atomic E-state index is 13.5. The number of rotatable bonds is 6. The smallest absolute Gasteiger partial charge is 0.165 e. The number of allylic oxidation sites excluding steroid dienone is 2. The summed E-state index contributed by atoms with van der Waals surface area (Å²) < 4.78 is 26.9. The number of hydrogen-bond donors (Lipinski definition) is 1. The maximum Gasteiger partial charge on any atom is 0.165 e. The molecule has 0 aliphatic rings. The second-order valence-corrected chi connectivity index (χ2v) is 6.28. The van der Waals surface area contributed by atoms with Crippen molar-refractivity contribution in [2.45, 2.75) is 20.4 Å².